The van der Waals surface area contributed by atoms with Crippen molar-refractivity contribution < 1.29 is 29.5 Å². The first kappa shape index (κ1) is 16.9. The van der Waals surface area contributed by atoms with E-state index in [-0.39, 0.29) is 10.8 Å². The number of hydrogen-bond acceptors (Lipinski definition) is 7. The Morgan fingerprint density at radius 1 is 1.38 bits per heavy atom. The minimum atomic E-state index is -1.90. The summed E-state index contributed by atoms with van der Waals surface area (Å²) in [6.45, 7) is 4.30. The predicted molar refractivity (Wildman–Crippen MR) is 76.1 cm³/mol. The molecule has 0 saturated heterocycles. The van der Waals surface area contributed by atoms with E-state index in [9.17, 15) is 25.1 Å². The number of nitrogens with zero attached hydrogens (tertiary/aromatic N) is 1. The van der Waals surface area contributed by atoms with Gasteiger partial charge < -0.3 is 19.7 Å². The second-order valence-electron chi connectivity index (χ2n) is 5.47. The van der Waals surface area contributed by atoms with Crippen molar-refractivity contribution in [3.05, 3.63) is 21.7 Å². The fourth-order valence-corrected chi connectivity index (χ4v) is 2.12. The van der Waals surface area contributed by atoms with Crippen molar-refractivity contribution in [2.45, 2.75) is 27.4 Å². The van der Waals surface area contributed by atoms with E-state index in [1.807, 2.05) is 0 Å². The Balaban J connectivity index is 3.20. The zero-order valence-corrected chi connectivity index (χ0v) is 13.3. The molecule has 0 aliphatic rings. The van der Waals surface area contributed by atoms with E-state index >= 15 is 0 Å². The van der Waals surface area contributed by atoms with Gasteiger partial charge in [0.1, 0.15) is 12.2 Å². The second-order valence-corrected chi connectivity index (χ2v) is 6.55. The highest BCUT2D eigenvalue weighted by molar-refractivity contribution is 6.47. The monoisotopic (exact) mass is 315 g/mol. The third-order valence-corrected chi connectivity index (χ3v) is 3.64. The second kappa shape index (κ2) is 6.10. The van der Waals surface area contributed by atoms with Crippen LogP contribution < -0.4 is 5.19 Å². The summed E-state index contributed by atoms with van der Waals surface area (Å²) in [6.07, 6.45) is 0. The SMILES string of the molecule is CC(C)(C)C(=O)OCc1c([N+](=O)[O-])cc([SiH2]O)c(O)c1O. The molecule has 0 radical (unpaired) electrons. The molecule has 0 aliphatic carbocycles. The van der Waals surface area contributed by atoms with Crippen LogP contribution in [0.3, 0.4) is 0 Å². The average molecular weight is 315 g/mol. The van der Waals surface area contributed by atoms with E-state index in [1.165, 1.54) is 0 Å². The lowest BCUT2D eigenvalue weighted by molar-refractivity contribution is -0.385. The van der Waals surface area contributed by atoms with E-state index in [1.54, 1.807) is 20.8 Å². The van der Waals surface area contributed by atoms with E-state index in [2.05, 4.69) is 0 Å². The molecule has 0 spiro atoms. The lowest BCUT2D eigenvalue weighted by Gasteiger charge is -2.17. The number of aromatic hydroxyl groups is 2. The van der Waals surface area contributed by atoms with Gasteiger partial charge in [0.15, 0.2) is 21.3 Å². The molecule has 0 saturated carbocycles. The Morgan fingerprint density at radius 2 is 1.95 bits per heavy atom. The van der Waals surface area contributed by atoms with Crippen molar-refractivity contribution in [3.63, 3.8) is 0 Å². The first-order valence-electron chi connectivity index (χ1n) is 6.08. The minimum Gasteiger partial charge on any atom is -0.504 e. The van der Waals surface area contributed by atoms with Gasteiger partial charge in [-0.15, -0.1) is 0 Å². The van der Waals surface area contributed by atoms with Crippen molar-refractivity contribution in [1.29, 1.82) is 0 Å². The first-order chi connectivity index (χ1) is 9.59. The standard InChI is InChI=1S/C12H17NO7Si/c1-12(2,3)11(16)20-5-6-7(13(17)18)4-8(21-19)10(15)9(6)14/h4,14-15,19H,5,21H2,1-3H3. The number of nitro groups is 1. The third kappa shape index (κ3) is 3.70. The largest absolute Gasteiger partial charge is 0.504 e. The molecule has 1 rings (SSSR count). The summed E-state index contributed by atoms with van der Waals surface area (Å²) in [5, 5.41) is 30.4. The average Bonchev–Trinajstić information content (AvgIpc) is 2.38. The van der Waals surface area contributed by atoms with Gasteiger partial charge in [-0.25, -0.2) is 0 Å². The van der Waals surface area contributed by atoms with Crippen LogP contribution >= 0.6 is 0 Å². The number of nitro benzene ring substituents is 1. The van der Waals surface area contributed by atoms with Gasteiger partial charge in [0.05, 0.1) is 10.3 Å². The lowest BCUT2D eigenvalue weighted by Crippen LogP contribution is -2.23. The van der Waals surface area contributed by atoms with Crippen molar-refractivity contribution in [2.75, 3.05) is 0 Å². The van der Waals surface area contributed by atoms with Crippen LogP contribution in [0.15, 0.2) is 6.07 Å². The number of benzene rings is 1. The lowest BCUT2D eigenvalue weighted by atomic mass is 9.97. The fourth-order valence-electron chi connectivity index (χ4n) is 1.52. The molecule has 0 amide bonds. The van der Waals surface area contributed by atoms with Gasteiger partial charge in [0.2, 0.25) is 0 Å². The maximum Gasteiger partial charge on any atom is 0.311 e. The molecule has 0 aliphatic heterocycles. The zero-order chi connectivity index (χ0) is 16.4. The van der Waals surface area contributed by atoms with E-state index in [4.69, 9.17) is 9.53 Å². The van der Waals surface area contributed by atoms with Crippen LogP contribution in [0.1, 0.15) is 26.3 Å². The number of carbonyl (C=O) groups is 1. The molecular weight excluding hydrogens is 298 g/mol. The molecule has 116 valence electrons. The molecule has 0 atom stereocenters. The molecule has 21 heavy (non-hydrogen) atoms. The summed E-state index contributed by atoms with van der Waals surface area (Å²) in [5.74, 6) is -1.96. The van der Waals surface area contributed by atoms with Gasteiger partial charge in [0, 0.05) is 11.3 Å². The van der Waals surface area contributed by atoms with Gasteiger partial charge in [-0.1, -0.05) is 0 Å². The van der Waals surface area contributed by atoms with Gasteiger partial charge in [-0.05, 0) is 20.8 Å². The summed E-state index contributed by atoms with van der Waals surface area (Å²) in [5.41, 5.74) is -1.62. The Bertz CT molecular complexity index is 580. The number of phenolic OH excluding ortho intramolecular Hbond substituents is 2. The molecule has 0 unspecified atom stereocenters. The Labute approximate surface area is 123 Å². The normalized spacial score (nSPS) is 11.8. The molecule has 0 bridgehead atoms. The highest BCUT2D eigenvalue weighted by atomic mass is 28.2. The summed E-state index contributed by atoms with van der Waals surface area (Å²) in [4.78, 5) is 31.0. The molecule has 0 aromatic heterocycles. The maximum absolute atomic E-state index is 11.7. The Morgan fingerprint density at radius 3 is 2.38 bits per heavy atom. The van der Waals surface area contributed by atoms with Gasteiger partial charge in [0.25, 0.3) is 5.69 Å². The van der Waals surface area contributed by atoms with Gasteiger partial charge >= 0.3 is 5.97 Å². The molecule has 9 heteroatoms. The molecule has 0 fully saturated rings. The van der Waals surface area contributed by atoms with Crippen LogP contribution in [0, 0.1) is 15.5 Å². The summed E-state index contributed by atoms with van der Waals surface area (Å²) >= 11 is 0. The number of phenols is 2. The zero-order valence-electron chi connectivity index (χ0n) is 11.9. The number of ether oxygens (including phenoxy) is 1. The van der Waals surface area contributed by atoms with Crippen molar-refractivity contribution in [3.8, 4) is 11.5 Å². The Kier molecular flexibility index (Phi) is 4.91. The van der Waals surface area contributed by atoms with Crippen LogP contribution in [0.4, 0.5) is 5.69 Å². The summed E-state index contributed by atoms with van der Waals surface area (Å²) in [7, 11) is -1.90. The van der Waals surface area contributed by atoms with Crippen molar-refractivity contribution >= 4 is 26.6 Å². The number of esters is 1. The van der Waals surface area contributed by atoms with Gasteiger partial charge in [-0.2, -0.15) is 0 Å². The number of carbonyl (C=O) groups excluding carboxylic acids is 1. The molecule has 1 aromatic carbocycles. The van der Waals surface area contributed by atoms with Crippen molar-refractivity contribution in [1.82, 2.24) is 0 Å². The topological polar surface area (TPSA) is 130 Å². The van der Waals surface area contributed by atoms with Crippen LogP contribution in [-0.2, 0) is 16.1 Å². The summed E-state index contributed by atoms with van der Waals surface area (Å²) < 4.78 is 4.93. The fraction of sp³-hybridized carbons (Fsp3) is 0.417. The van der Waals surface area contributed by atoms with E-state index < -0.39 is 49.9 Å². The van der Waals surface area contributed by atoms with Crippen LogP contribution in [0.25, 0.3) is 0 Å². The molecule has 0 heterocycles. The molecular formula is C12H17NO7Si. The van der Waals surface area contributed by atoms with E-state index in [0.717, 1.165) is 6.07 Å². The van der Waals surface area contributed by atoms with Crippen LogP contribution in [0.2, 0.25) is 0 Å². The van der Waals surface area contributed by atoms with E-state index in [0.29, 0.717) is 0 Å². The van der Waals surface area contributed by atoms with Crippen LogP contribution in [-0.4, -0.2) is 35.7 Å². The highest BCUT2D eigenvalue weighted by Crippen LogP contribution is 2.35. The third-order valence-electron chi connectivity index (χ3n) is 2.76. The first-order valence-corrected chi connectivity index (χ1v) is 7.42. The quantitative estimate of drug-likeness (QED) is 0.230. The summed E-state index contributed by atoms with van der Waals surface area (Å²) in [6, 6.07) is 0.988. The minimum absolute atomic E-state index is 0.0508. The van der Waals surface area contributed by atoms with Crippen LogP contribution in [0.5, 0.6) is 11.5 Å². The smallest absolute Gasteiger partial charge is 0.311 e. The highest BCUT2D eigenvalue weighted by Gasteiger charge is 2.28. The molecule has 8 nitrogen and oxygen atoms in total. The number of rotatable bonds is 4. The predicted octanol–water partition coefficient (Wildman–Crippen LogP) is -0.203. The van der Waals surface area contributed by atoms with Crippen molar-refractivity contribution in [2.24, 2.45) is 5.41 Å². The molecule has 1 aromatic rings. The number of hydrogen-bond donors (Lipinski definition) is 3. The maximum atomic E-state index is 11.7. The Hall–Kier alpha value is -2.13. The molecule has 3 N–H and O–H groups in total. The van der Waals surface area contributed by atoms with Gasteiger partial charge in [-0.3, -0.25) is 14.9 Å².